The highest BCUT2D eigenvalue weighted by atomic mass is 19.1. The Morgan fingerprint density at radius 1 is 1.12 bits per heavy atom. The Bertz CT molecular complexity index is 744. The maximum Gasteiger partial charge on any atom is 0.224 e. The van der Waals surface area contributed by atoms with Crippen molar-refractivity contribution in [2.24, 2.45) is 0 Å². The van der Waals surface area contributed by atoms with Gasteiger partial charge in [-0.15, -0.1) is 0 Å². The fourth-order valence-corrected chi connectivity index (χ4v) is 2.19. The number of halogens is 1. The summed E-state index contributed by atoms with van der Waals surface area (Å²) >= 11 is 0. The number of rotatable bonds is 8. The molecular formula is C19H20FNO4. The van der Waals surface area contributed by atoms with Gasteiger partial charge in [0.2, 0.25) is 5.91 Å². The van der Waals surface area contributed by atoms with Crippen LogP contribution in [0.2, 0.25) is 0 Å². The number of hydrogen-bond acceptors (Lipinski definition) is 4. The molecule has 0 bridgehead atoms. The van der Waals surface area contributed by atoms with E-state index >= 15 is 0 Å². The van der Waals surface area contributed by atoms with Crippen molar-refractivity contribution in [2.45, 2.75) is 19.8 Å². The third-order valence-corrected chi connectivity index (χ3v) is 3.52. The minimum absolute atomic E-state index is 0.000516. The number of ether oxygens (including phenoxy) is 2. The lowest BCUT2D eigenvalue weighted by Gasteiger charge is -2.10. The number of carbonyl (C=O) groups is 2. The van der Waals surface area contributed by atoms with Gasteiger partial charge in [0, 0.05) is 18.1 Å². The van der Waals surface area contributed by atoms with Crippen LogP contribution in [0.15, 0.2) is 42.5 Å². The average molecular weight is 345 g/mol. The summed E-state index contributed by atoms with van der Waals surface area (Å²) in [5, 5.41) is 2.68. The van der Waals surface area contributed by atoms with Gasteiger partial charge < -0.3 is 14.8 Å². The lowest BCUT2D eigenvalue weighted by atomic mass is 10.1. The van der Waals surface area contributed by atoms with Gasteiger partial charge in [-0.05, 0) is 49.7 Å². The fraction of sp³-hybridized carbons (Fsp3) is 0.263. The van der Waals surface area contributed by atoms with Crippen LogP contribution < -0.4 is 14.8 Å². The zero-order chi connectivity index (χ0) is 18.2. The first-order valence-corrected chi connectivity index (χ1v) is 7.87. The van der Waals surface area contributed by atoms with Crippen LogP contribution in [0.4, 0.5) is 10.1 Å². The number of methoxy groups -OCH3 is 1. The molecule has 0 radical (unpaired) electrons. The molecule has 0 aliphatic rings. The molecule has 0 fully saturated rings. The summed E-state index contributed by atoms with van der Waals surface area (Å²) in [6.07, 6.45) is 0.774. The van der Waals surface area contributed by atoms with Crippen LogP contribution in [0.1, 0.15) is 30.1 Å². The van der Waals surface area contributed by atoms with Crippen molar-refractivity contribution in [1.82, 2.24) is 0 Å². The SMILES string of the molecule is COc1cc(F)ccc1NC(=O)CCCOc1ccc(C(C)=O)cc1. The zero-order valence-electron chi connectivity index (χ0n) is 14.2. The Morgan fingerprint density at radius 2 is 1.84 bits per heavy atom. The van der Waals surface area contributed by atoms with Gasteiger partial charge in [0.1, 0.15) is 17.3 Å². The second-order valence-corrected chi connectivity index (χ2v) is 5.43. The Morgan fingerprint density at radius 3 is 2.48 bits per heavy atom. The van der Waals surface area contributed by atoms with Crippen LogP contribution in [0.25, 0.3) is 0 Å². The molecule has 0 aliphatic carbocycles. The van der Waals surface area contributed by atoms with E-state index in [1.54, 1.807) is 24.3 Å². The molecule has 1 amide bonds. The molecule has 132 valence electrons. The van der Waals surface area contributed by atoms with E-state index in [0.717, 1.165) is 0 Å². The van der Waals surface area contributed by atoms with Crippen molar-refractivity contribution in [3.05, 3.63) is 53.8 Å². The van der Waals surface area contributed by atoms with Gasteiger partial charge in [-0.2, -0.15) is 0 Å². The van der Waals surface area contributed by atoms with Crippen LogP contribution >= 0.6 is 0 Å². The maximum atomic E-state index is 13.1. The van der Waals surface area contributed by atoms with Crippen molar-refractivity contribution in [1.29, 1.82) is 0 Å². The second-order valence-electron chi connectivity index (χ2n) is 5.43. The summed E-state index contributed by atoms with van der Waals surface area (Å²) < 4.78 is 23.7. The predicted octanol–water partition coefficient (Wildman–Crippen LogP) is 3.83. The number of ketones is 1. The van der Waals surface area contributed by atoms with Crippen LogP contribution in [0.3, 0.4) is 0 Å². The Kier molecular flexibility index (Phi) is 6.51. The second kappa shape index (κ2) is 8.82. The van der Waals surface area contributed by atoms with Crippen LogP contribution in [0.5, 0.6) is 11.5 Å². The Hall–Kier alpha value is -2.89. The summed E-state index contributed by atoms with van der Waals surface area (Å²) in [6, 6.07) is 10.8. The molecule has 0 heterocycles. The molecule has 0 aliphatic heterocycles. The van der Waals surface area contributed by atoms with Gasteiger partial charge in [-0.3, -0.25) is 9.59 Å². The number of nitrogens with one attached hydrogen (secondary N) is 1. The molecular weight excluding hydrogens is 325 g/mol. The van der Waals surface area contributed by atoms with Gasteiger partial charge in [-0.25, -0.2) is 4.39 Å². The summed E-state index contributed by atoms with van der Waals surface area (Å²) in [7, 11) is 1.41. The van der Waals surface area contributed by atoms with Crippen molar-refractivity contribution in [2.75, 3.05) is 19.0 Å². The van der Waals surface area contributed by atoms with Crippen molar-refractivity contribution in [3.8, 4) is 11.5 Å². The van der Waals surface area contributed by atoms with Crippen molar-refractivity contribution < 1.29 is 23.5 Å². The minimum atomic E-state index is -0.431. The standard InChI is InChI=1S/C19H20FNO4/c1-13(22)14-5-8-16(9-6-14)25-11-3-4-19(23)21-17-10-7-15(20)12-18(17)24-2/h5-10,12H,3-4,11H2,1-2H3,(H,21,23). The molecule has 0 saturated heterocycles. The van der Waals surface area contributed by atoms with E-state index in [1.165, 1.54) is 32.2 Å². The average Bonchev–Trinajstić information content (AvgIpc) is 2.60. The Balaban J connectivity index is 1.76. The lowest BCUT2D eigenvalue weighted by Crippen LogP contribution is -2.13. The van der Waals surface area contributed by atoms with Crippen LogP contribution in [-0.2, 0) is 4.79 Å². The van der Waals surface area contributed by atoms with Crippen molar-refractivity contribution in [3.63, 3.8) is 0 Å². The molecule has 2 aromatic carbocycles. The normalized spacial score (nSPS) is 10.2. The largest absolute Gasteiger partial charge is 0.494 e. The first-order valence-electron chi connectivity index (χ1n) is 7.87. The molecule has 2 aromatic rings. The number of Topliss-reactive ketones (excluding diaryl/α,β-unsaturated/α-hetero) is 1. The van der Waals surface area contributed by atoms with E-state index in [9.17, 15) is 14.0 Å². The van der Waals surface area contributed by atoms with Crippen LogP contribution in [-0.4, -0.2) is 25.4 Å². The van der Waals surface area contributed by atoms with Gasteiger partial charge in [0.05, 0.1) is 19.4 Å². The molecule has 25 heavy (non-hydrogen) atoms. The highest BCUT2D eigenvalue weighted by Gasteiger charge is 2.08. The molecule has 0 aromatic heterocycles. The number of benzene rings is 2. The summed E-state index contributed by atoms with van der Waals surface area (Å²) in [5.41, 5.74) is 1.05. The summed E-state index contributed by atoms with van der Waals surface area (Å²) in [6.45, 7) is 1.87. The third-order valence-electron chi connectivity index (χ3n) is 3.52. The predicted molar refractivity (Wildman–Crippen MR) is 92.8 cm³/mol. The van der Waals surface area contributed by atoms with Crippen molar-refractivity contribution >= 4 is 17.4 Å². The molecule has 0 atom stereocenters. The highest BCUT2D eigenvalue weighted by molar-refractivity contribution is 5.94. The molecule has 0 spiro atoms. The molecule has 0 unspecified atom stereocenters. The van der Waals surface area contributed by atoms with Crippen LogP contribution in [0, 0.1) is 5.82 Å². The zero-order valence-corrected chi connectivity index (χ0v) is 14.2. The smallest absolute Gasteiger partial charge is 0.224 e. The first-order chi connectivity index (χ1) is 12.0. The minimum Gasteiger partial charge on any atom is -0.494 e. The van der Waals surface area contributed by atoms with Gasteiger partial charge in [0.25, 0.3) is 0 Å². The topological polar surface area (TPSA) is 64.6 Å². The Labute approximate surface area is 145 Å². The highest BCUT2D eigenvalue weighted by Crippen LogP contribution is 2.25. The van der Waals surface area contributed by atoms with E-state index in [1.807, 2.05) is 0 Å². The van der Waals surface area contributed by atoms with Gasteiger partial charge in [-0.1, -0.05) is 0 Å². The molecule has 2 rings (SSSR count). The van der Waals surface area contributed by atoms with E-state index in [0.29, 0.717) is 30.0 Å². The third kappa shape index (κ3) is 5.60. The van der Waals surface area contributed by atoms with E-state index in [4.69, 9.17) is 9.47 Å². The van der Waals surface area contributed by atoms with E-state index in [-0.39, 0.29) is 23.9 Å². The quantitative estimate of drug-likeness (QED) is 0.583. The first kappa shape index (κ1) is 18.4. The molecule has 6 heteroatoms. The summed E-state index contributed by atoms with van der Waals surface area (Å²) in [5.74, 6) is 0.277. The molecule has 1 N–H and O–H groups in total. The number of hydrogen-bond donors (Lipinski definition) is 1. The van der Waals surface area contributed by atoms with E-state index < -0.39 is 5.82 Å². The van der Waals surface area contributed by atoms with E-state index in [2.05, 4.69) is 5.32 Å². The van der Waals surface area contributed by atoms with Gasteiger partial charge >= 0.3 is 0 Å². The number of anilines is 1. The fourth-order valence-electron chi connectivity index (χ4n) is 2.19. The lowest BCUT2D eigenvalue weighted by molar-refractivity contribution is -0.116. The van der Waals surface area contributed by atoms with Gasteiger partial charge in [0.15, 0.2) is 5.78 Å². The molecule has 5 nitrogen and oxygen atoms in total. The number of carbonyl (C=O) groups excluding carboxylic acids is 2. The summed E-state index contributed by atoms with van der Waals surface area (Å²) in [4.78, 5) is 23.1. The monoisotopic (exact) mass is 345 g/mol. The molecule has 0 saturated carbocycles. The maximum absolute atomic E-state index is 13.1. The number of amides is 1.